The van der Waals surface area contributed by atoms with E-state index < -0.39 is 5.97 Å². The highest BCUT2D eigenvalue weighted by molar-refractivity contribution is 14.2. The average Bonchev–Trinajstić information content (AvgIpc) is 3.33. The van der Waals surface area contributed by atoms with Crippen molar-refractivity contribution in [1.82, 2.24) is 0 Å². The van der Waals surface area contributed by atoms with Crippen molar-refractivity contribution in [3.63, 3.8) is 0 Å². The van der Waals surface area contributed by atoms with E-state index in [9.17, 15) is 14.4 Å². The standard InChI is InChI=1S/C21H13IO6/c1-26-17-9-12(6-7-16(17)28-21(25)18-10-22-11-27-18)8-15-19(23)13-4-2-3-5-14(13)20(15)24/h2-11H,1H3. The molecule has 0 N–H and O–H groups in total. The molecule has 1 heterocycles. The summed E-state index contributed by atoms with van der Waals surface area (Å²) in [7, 11) is 1.44. The first kappa shape index (κ1) is 18.3. The topological polar surface area (TPSA) is 78.9 Å². The largest absolute Gasteiger partial charge is 0.493 e. The van der Waals surface area contributed by atoms with Gasteiger partial charge in [0.2, 0.25) is 5.76 Å². The number of halogens is 1. The van der Waals surface area contributed by atoms with Gasteiger partial charge in [-0.15, -0.1) is 0 Å². The molecule has 1 aliphatic carbocycles. The molecule has 6 nitrogen and oxygen atoms in total. The number of esters is 1. The monoisotopic (exact) mass is 488 g/mol. The summed E-state index contributed by atoms with van der Waals surface area (Å²) < 4.78 is 19.1. The van der Waals surface area contributed by atoms with Gasteiger partial charge in [0.1, 0.15) is 4.20 Å². The average molecular weight is 488 g/mol. The minimum Gasteiger partial charge on any atom is -0.493 e. The van der Waals surface area contributed by atoms with E-state index in [0.29, 0.717) is 22.4 Å². The number of carbonyl (C=O) groups excluding carboxylic acids is 3. The van der Waals surface area contributed by atoms with E-state index >= 15 is 0 Å². The number of hydrogen-bond acceptors (Lipinski definition) is 6. The summed E-state index contributed by atoms with van der Waals surface area (Å²) >= 11 is -0.375. The van der Waals surface area contributed by atoms with Crippen LogP contribution in [0.5, 0.6) is 11.5 Å². The van der Waals surface area contributed by atoms with E-state index in [2.05, 4.69) is 0 Å². The van der Waals surface area contributed by atoms with E-state index in [4.69, 9.17) is 14.2 Å². The van der Waals surface area contributed by atoms with Crippen molar-refractivity contribution in [2.75, 3.05) is 7.11 Å². The molecule has 1 aliphatic heterocycles. The number of ketones is 2. The van der Waals surface area contributed by atoms with E-state index in [0.717, 1.165) is 0 Å². The lowest BCUT2D eigenvalue weighted by atomic mass is 10.1. The van der Waals surface area contributed by atoms with Crippen LogP contribution in [0.2, 0.25) is 0 Å². The number of Topliss-reactive ketones (excluding diaryl/α,β-unsaturated/α-hetero) is 2. The van der Waals surface area contributed by atoms with E-state index in [1.807, 2.05) is 0 Å². The molecule has 0 bridgehead atoms. The van der Waals surface area contributed by atoms with E-state index in [1.165, 1.54) is 13.2 Å². The molecule has 0 saturated carbocycles. The van der Waals surface area contributed by atoms with Crippen molar-refractivity contribution in [3.8, 4) is 11.5 Å². The molecule has 0 aromatic heterocycles. The smallest absolute Gasteiger partial charge is 0.380 e. The molecule has 4 rings (SSSR count). The summed E-state index contributed by atoms with van der Waals surface area (Å²) in [5, 5.41) is 0. The first-order valence-corrected chi connectivity index (χ1v) is 10.7. The van der Waals surface area contributed by atoms with Crippen LogP contribution in [0.1, 0.15) is 26.3 Å². The number of hydrogen-bond donors (Lipinski definition) is 0. The Hall–Kier alpha value is -3.07. The molecular formula is C21H13IO6. The molecule has 0 radical (unpaired) electrons. The van der Waals surface area contributed by atoms with Crippen LogP contribution in [0.15, 0.2) is 57.9 Å². The molecule has 0 amide bonds. The highest BCUT2D eigenvalue weighted by atomic mass is 127. The van der Waals surface area contributed by atoms with Gasteiger partial charge in [-0.1, -0.05) is 30.3 Å². The van der Waals surface area contributed by atoms with Gasteiger partial charge in [0.15, 0.2) is 23.1 Å². The zero-order chi connectivity index (χ0) is 19.7. The molecule has 28 heavy (non-hydrogen) atoms. The number of fused-ring (bicyclic) bond motifs is 1. The molecule has 0 fully saturated rings. The summed E-state index contributed by atoms with van der Waals surface area (Å²) in [5.74, 6) is -0.526. The molecule has 7 heteroatoms. The van der Waals surface area contributed by atoms with Crippen molar-refractivity contribution in [2.45, 2.75) is 0 Å². The molecule has 2 aliphatic rings. The third kappa shape index (κ3) is 3.29. The number of methoxy groups -OCH3 is 1. The lowest BCUT2D eigenvalue weighted by Gasteiger charge is -2.10. The Morgan fingerprint density at radius 2 is 1.75 bits per heavy atom. The number of carbonyl (C=O) groups is 3. The van der Waals surface area contributed by atoms with Gasteiger partial charge in [0, 0.05) is 15.2 Å². The van der Waals surface area contributed by atoms with Gasteiger partial charge in [-0.3, -0.25) is 9.59 Å². The van der Waals surface area contributed by atoms with Crippen LogP contribution < -0.4 is 9.47 Å². The van der Waals surface area contributed by atoms with Crippen LogP contribution in [-0.2, 0) is 9.53 Å². The SMILES string of the molecule is COc1cc(C=C2C(=O)c3ccccc3C2=O)ccc1OC(=O)C1=CI=CO1. The maximum absolute atomic E-state index is 12.5. The lowest BCUT2D eigenvalue weighted by Crippen LogP contribution is -2.12. The Bertz CT molecular complexity index is 1070. The van der Waals surface area contributed by atoms with Gasteiger partial charge in [-0.25, -0.2) is 4.79 Å². The van der Waals surface area contributed by atoms with Crippen molar-refractivity contribution >= 4 is 48.5 Å². The van der Waals surface area contributed by atoms with Gasteiger partial charge >= 0.3 is 5.97 Å². The molecular weight excluding hydrogens is 475 g/mol. The maximum atomic E-state index is 12.5. The molecule has 0 spiro atoms. The van der Waals surface area contributed by atoms with E-state index in [1.54, 1.807) is 50.7 Å². The zero-order valence-electron chi connectivity index (χ0n) is 14.6. The zero-order valence-corrected chi connectivity index (χ0v) is 16.8. The van der Waals surface area contributed by atoms with Crippen LogP contribution in [0.25, 0.3) is 6.08 Å². The van der Waals surface area contributed by atoms with Crippen LogP contribution >= 0.6 is 20.7 Å². The minimum atomic E-state index is -0.602. The highest BCUT2D eigenvalue weighted by Crippen LogP contribution is 2.32. The molecule has 0 unspecified atom stereocenters. The summed E-state index contributed by atoms with van der Waals surface area (Å²) in [4.78, 5) is 37.1. The van der Waals surface area contributed by atoms with Gasteiger partial charge in [-0.05, 0) is 44.5 Å². The Labute approximate surface area is 170 Å². The first-order chi connectivity index (χ1) is 13.6. The van der Waals surface area contributed by atoms with Gasteiger partial charge < -0.3 is 14.2 Å². The molecule has 2 aromatic rings. The Balaban J connectivity index is 1.62. The minimum absolute atomic E-state index is 0.0944. The molecule has 0 saturated heterocycles. The maximum Gasteiger partial charge on any atom is 0.380 e. The summed E-state index contributed by atoms with van der Waals surface area (Å²) in [6, 6.07) is 11.5. The molecule has 140 valence electrons. The predicted molar refractivity (Wildman–Crippen MR) is 111 cm³/mol. The molecule has 2 aromatic carbocycles. The number of allylic oxidation sites excluding steroid dienone is 1. The Kier molecular flexibility index (Phi) is 4.91. The number of benzene rings is 2. The van der Waals surface area contributed by atoms with Crippen molar-refractivity contribution in [2.24, 2.45) is 0 Å². The quantitative estimate of drug-likeness (QED) is 0.215. The second-order valence-corrected chi connectivity index (χ2v) is 7.72. The summed E-state index contributed by atoms with van der Waals surface area (Å²) in [6.45, 7) is 0. The third-order valence-electron chi connectivity index (χ3n) is 4.19. The van der Waals surface area contributed by atoms with Gasteiger partial charge in [0.25, 0.3) is 0 Å². The Morgan fingerprint density at radius 3 is 2.36 bits per heavy atom. The van der Waals surface area contributed by atoms with Crippen LogP contribution in [0, 0.1) is 0 Å². The van der Waals surface area contributed by atoms with Gasteiger partial charge in [-0.2, -0.15) is 0 Å². The van der Waals surface area contributed by atoms with Crippen LogP contribution in [0.4, 0.5) is 0 Å². The fraction of sp³-hybridized carbons (Fsp3) is 0.0476. The van der Waals surface area contributed by atoms with Crippen LogP contribution in [0.3, 0.4) is 0 Å². The summed E-state index contributed by atoms with van der Waals surface area (Å²) in [5.41, 5.74) is 1.48. The first-order valence-electron chi connectivity index (χ1n) is 8.19. The highest BCUT2D eigenvalue weighted by Gasteiger charge is 2.32. The van der Waals surface area contributed by atoms with Crippen molar-refractivity contribution in [1.29, 1.82) is 0 Å². The summed E-state index contributed by atoms with van der Waals surface area (Å²) in [6.07, 6.45) is 1.51. The number of rotatable bonds is 4. The fourth-order valence-corrected chi connectivity index (χ4v) is 4.15. The molecule has 0 atom stereocenters. The van der Waals surface area contributed by atoms with E-state index in [-0.39, 0.29) is 49.4 Å². The van der Waals surface area contributed by atoms with Gasteiger partial charge in [0.05, 0.1) is 12.7 Å². The number of ether oxygens (including phenoxy) is 3. The van der Waals surface area contributed by atoms with Crippen molar-refractivity contribution < 1.29 is 28.6 Å². The van der Waals surface area contributed by atoms with Crippen LogP contribution in [-0.4, -0.2) is 28.8 Å². The Morgan fingerprint density at radius 1 is 1.04 bits per heavy atom. The second-order valence-electron chi connectivity index (χ2n) is 5.87. The second kappa shape index (κ2) is 7.51. The van der Waals surface area contributed by atoms with Crippen molar-refractivity contribution in [3.05, 3.63) is 74.6 Å². The lowest BCUT2D eigenvalue weighted by molar-refractivity contribution is -0.132. The normalized spacial score (nSPS) is 14.8. The third-order valence-corrected chi connectivity index (χ3v) is 5.67. The predicted octanol–water partition coefficient (Wildman–Crippen LogP) is 3.67. The fourth-order valence-electron chi connectivity index (χ4n) is 2.85.